The minimum atomic E-state index is -4.60. The van der Waals surface area contributed by atoms with Crippen molar-refractivity contribution in [2.75, 3.05) is 49.5 Å². The zero-order valence-corrected chi connectivity index (χ0v) is 27.6. The van der Waals surface area contributed by atoms with Crippen molar-refractivity contribution in [3.63, 3.8) is 0 Å². The Morgan fingerprint density at radius 3 is 2.66 bits per heavy atom. The Hall–Kier alpha value is -3.53. The van der Waals surface area contributed by atoms with Crippen molar-refractivity contribution < 1.29 is 32.9 Å². The number of hydrogen-bond donors (Lipinski definition) is 3. The number of benzene rings is 1. The van der Waals surface area contributed by atoms with Crippen LogP contribution in [0.2, 0.25) is 0 Å². The highest BCUT2D eigenvalue weighted by Crippen LogP contribution is 2.41. The molecule has 15 heteroatoms. The second-order valence-corrected chi connectivity index (χ2v) is 13.0. The van der Waals surface area contributed by atoms with Gasteiger partial charge in [-0.3, -0.25) is 19.6 Å². The van der Waals surface area contributed by atoms with Gasteiger partial charge in [-0.25, -0.2) is 9.97 Å². The maximum absolute atomic E-state index is 14.0. The molecular weight excluding hydrogens is 635 g/mol. The molecule has 2 saturated heterocycles. The van der Waals surface area contributed by atoms with Crippen LogP contribution in [0.25, 0.3) is 11.3 Å². The summed E-state index contributed by atoms with van der Waals surface area (Å²) in [6, 6.07) is 4.50. The standard InChI is InChI=1S/C32H42F3N7O4S/c1-4-22-7-6-11-41(22)19-26-29(21-8-9-25(46-5-2)23(15-21)32(33,34)35)38-31(47-26)39-30(45)24-16-37-27(17-36-24)42-14-13-40(18-20(42)3)12-10-28(43)44/h8-9,15-17,20,22,30,45H,4-7,10-14,18-19H2,1-3H3,(H,38,39)(H,43,44)/t20-,22-,30?/m1/s1. The molecule has 0 aliphatic carbocycles. The minimum absolute atomic E-state index is 0.0938. The predicted octanol–water partition coefficient (Wildman–Crippen LogP) is 5.48. The van der Waals surface area contributed by atoms with Crippen LogP contribution in [0.4, 0.5) is 24.1 Å². The molecule has 2 aromatic heterocycles. The van der Waals surface area contributed by atoms with Crippen molar-refractivity contribution in [2.45, 2.75) is 77.5 Å². The fourth-order valence-corrected chi connectivity index (χ4v) is 7.35. The lowest BCUT2D eigenvalue weighted by Crippen LogP contribution is -2.52. The van der Waals surface area contributed by atoms with Crippen LogP contribution in [0.15, 0.2) is 30.6 Å². The number of thiazole rings is 1. The SMILES string of the molecule is CCOc1ccc(-c2nc(NC(O)c3cnc(N4CCN(CCC(=O)O)C[C@H]4C)cn3)sc2CN2CCC[C@H]2CC)cc1C(F)(F)F. The van der Waals surface area contributed by atoms with E-state index in [1.54, 1.807) is 19.2 Å². The smallest absolute Gasteiger partial charge is 0.419 e. The third-order valence-electron chi connectivity index (χ3n) is 8.72. The summed E-state index contributed by atoms with van der Waals surface area (Å²) < 4.78 is 47.3. The lowest BCUT2D eigenvalue weighted by Gasteiger charge is -2.40. The van der Waals surface area contributed by atoms with Crippen molar-refractivity contribution in [1.29, 1.82) is 0 Å². The van der Waals surface area contributed by atoms with Gasteiger partial charge < -0.3 is 25.2 Å². The van der Waals surface area contributed by atoms with Crippen LogP contribution < -0.4 is 15.0 Å². The highest BCUT2D eigenvalue weighted by atomic mass is 32.1. The number of nitrogens with zero attached hydrogens (tertiary/aromatic N) is 6. The number of halogens is 3. The first-order chi connectivity index (χ1) is 22.5. The lowest BCUT2D eigenvalue weighted by molar-refractivity contribution is -0.139. The highest BCUT2D eigenvalue weighted by molar-refractivity contribution is 7.16. The Labute approximate surface area is 276 Å². The van der Waals surface area contributed by atoms with Crippen LogP contribution in [-0.2, 0) is 17.5 Å². The summed E-state index contributed by atoms with van der Waals surface area (Å²) in [7, 11) is 0. The summed E-state index contributed by atoms with van der Waals surface area (Å²) in [5.74, 6) is -0.393. The molecule has 4 heterocycles. The average Bonchev–Trinajstić information content (AvgIpc) is 3.66. The third-order valence-corrected chi connectivity index (χ3v) is 9.69. The number of alkyl halides is 3. The number of aliphatic hydroxyl groups excluding tert-OH is 1. The van der Waals surface area contributed by atoms with Crippen LogP contribution in [0.3, 0.4) is 0 Å². The third kappa shape index (κ3) is 8.50. The van der Waals surface area contributed by atoms with Crippen LogP contribution in [-0.4, -0.2) is 92.3 Å². The quantitative estimate of drug-likeness (QED) is 0.199. The van der Waals surface area contributed by atoms with Gasteiger partial charge in [0.1, 0.15) is 17.3 Å². The molecular formula is C32H42F3N7O4S. The summed E-state index contributed by atoms with van der Waals surface area (Å²) in [6.07, 6.45) is 0.439. The second kappa shape index (κ2) is 15.1. The first-order valence-electron chi connectivity index (χ1n) is 16.0. The Morgan fingerprint density at radius 1 is 1.19 bits per heavy atom. The number of carboxylic acid groups (broad SMARTS) is 1. The first-order valence-corrected chi connectivity index (χ1v) is 16.8. The van der Waals surface area contributed by atoms with E-state index >= 15 is 0 Å². The lowest BCUT2D eigenvalue weighted by atomic mass is 10.1. The van der Waals surface area contributed by atoms with E-state index in [0.29, 0.717) is 61.0 Å². The van der Waals surface area contributed by atoms with Gasteiger partial charge in [0.2, 0.25) is 0 Å². The number of aliphatic hydroxyl groups is 1. The van der Waals surface area contributed by atoms with Gasteiger partial charge in [0.15, 0.2) is 11.4 Å². The zero-order chi connectivity index (χ0) is 33.7. The number of nitrogens with one attached hydrogen (secondary N) is 1. The molecule has 47 heavy (non-hydrogen) atoms. The molecule has 2 fully saturated rings. The summed E-state index contributed by atoms with van der Waals surface area (Å²) >= 11 is 1.30. The molecule has 5 rings (SSSR count). The molecule has 3 aromatic rings. The van der Waals surface area contributed by atoms with Gasteiger partial charge in [0.25, 0.3) is 0 Å². The van der Waals surface area contributed by atoms with E-state index < -0.39 is 23.9 Å². The highest BCUT2D eigenvalue weighted by Gasteiger charge is 2.35. The number of piperazine rings is 1. The van der Waals surface area contributed by atoms with Gasteiger partial charge in [-0.05, 0) is 57.9 Å². The van der Waals surface area contributed by atoms with Crippen molar-refractivity contribution in [1.82, 2.24) is 24.8 Å². The van der Waals surface area contributed by atoms with Gasteiger partial charge in [-0.1, -0.05) is 6.92 Å². The molecule has 2 aliphatic rings. The summed E-state index contributed by atoms with van der Waals surface area (Å²) in [5.41, 5.74) is 0.163. The van der Waals surface area contributed by atoms with Crippen molar-refractivity contribution >= 4 is 28.3 Å². The Morgan fingerprint density at radius 2 is 2.00 bits per heavy atom. The minimum Gasteiger partial charge on any atom is -0.493 e. The van der Waals surface area contributed by atoms with E-state index in [1.165, 1.54) is 23.6 Å². The van der Waals surface area contributed by atoms with Crippen LogP contribution in [0, 0.1) is 0 Å². The van der Waals surface area contributed by atoms with E-state index in [4.69, 9.17) is 9.84 Å². The van der Waals surface area contributed by atoms with Gasteiger partial charge in [0.05, 0.1) is 36.7 Å². The van der Waals surface area contributed by atoms with E-state index in [9.17, 15) is 23.1 Å². The monoisotopic (exact) mass is 677 g/mol. The van der Waals surface area contributed by atoms with Gasteiger partial charge in [0, 0.05) is 55.2 Å². The number of hydrogen-bond acceptors (Lipinski definition) is 11. The predicted molar refractivity (Wildman–Crippen MR) is 174 cm³/mol. The van der Waals surface area contributed by atoms with Crippen molar-refractivity contribution in [3.05, 3.63) is 46.7 Å². The molecule has 0 bridgehead atoms. The Kier molecular flexibility index (Phi) is 11.2. The van der Waals surface area contributed by atoms with E-state index in [2.05, 4.69) is 41.9 Å². The van der Waals surface area contributed by atoms with Gasteiger partial charge in [-0.15, -0.1) is 11.3 Å². The van der Waals surface area contributed by atoms with Crippen LogP contribution >= 0.6 is 11.3 Å². The number of carbonyl (C=O) groups is 1. The van der Waals surface area contributed by atoms with E-state index in [1.807, 2.05) is 6.92 Å². The number of anilines is 2. The van der Waals surface area contributed by atoms with Crippen LogP contribution in [0.1, 0.15) is 68.8 Å². The molecule has 0 amide bonds. The first kappa shape index (κ1) is 34.8. The van der Waals surface area contributed by atoms with E-state index in [0.717, 1.165) is 36.8 Å². The number of ether oxygens (including phenoxy) is 1. The molecule has 0 radical (unpaired) electrons. The molecule has 3 N–H and O–H groups in total. The molecule has 0 spiro atoms. The number of rotatable bonds is 13. The number of likely N-dealkylation sites (tertiary alicyclic amines) is 1. The molecule has 1 aromatic carbocycles. The van der Waals surface area contributed by atoms with E-state index in [-0.39, 0.29) is 30.5 Å². The van der Waals surface area contributed by atoms with Crippen molar-refractivity contribution in [3.8, 4) is 17.0 Å². The molecule has 11 nitrogen and oxygen atoms in total. The summed E-state index contributed by atoms with van der Waals surface area (Å²) in [4.78, 5) is 32.0. The van der Waals surface area contributed by atoms with Gasteiger partial charge >= 0.3 is 12.1 Å². The topological polar surface area (TPSA) is 127 Å². The normalized spacial score (nSPS) is 20.0. The van der Waals surface area contributed by atoms with Crippen LogP contribution in [0.5, 0.6) is 5.75 Å². The maximum atomic E-state index is 14.0. The van der Waals surface area contributed by atoms with Crippen molar-refractivity contribution in [2.24, 2.45) is 0 Å². The Balaban J connectivity index is 1.34. The molecule has 256 valence electrons. The average molecular weight is 678 g/mol. The number of aromatic nitrogens is 3. The molecule has 3 atom stereocenters. The zero-order valence-electron chi connectivity index (χ0n) is 26.8. The molecule has 1 unspecified atom stereocenters. The Bertz CT molecular complexity index is 1510. The molecule has 2 aliphatic heterocycles. The molecule has 0 saturated carbocycles. The number of carboxylic acids is 1. The summed E-state index contributed by atoms with van der Waals surface area (Å²) in [5, 5.41) is 23.4. The maximum Gasteiger partial charge on any atom is 0.419 e. The number of aliphatic carboxylic acids is 1. The largest absolute Gasteiger partial charge is 0.493 e. The fraction of sp³-hybridized carbons (Fsp3) is 0.562. The summed E-state index contributed by atoms with van der Waals surface area (Å²) in [6.45, 7) is 9.93. The fourth-order valence-electron chi connectivity index (χ4n) is 6.32. The van der Waals surface area contributed by atoms with Gasteiger partial charge in [-0.2, -0.15) is 13.2 Å². The second-order valence-electron chi connectivity index (χ2n) is 11.9.